The van der Waals surface area contributed by atoms with E-state index >= 15 is 0 Å². The molecule has 0 bridgehead atoms. The fraction of sp³-hybridized carbons (Fsp3) is 0.875. The molecule has 0 radical (unpaired) electrons. The molecule has 0 aromatic carbocycles. The van der Waals surface area contributed by atoms with Crippen molar-refractivity contribution in [2.45, 2.75) is 33.8 Å². The second kappa shape index (κ2) is 14.6. The van der Waals surface area contributed by atoms with E-state index in [1.807, 2.05) is 27.7 Å². The Balaban J connectivity index is 3.26. The molecule has 0 heterocycles. The van der Waals surface area contributed by atoms with Crippen LogP contribution in [0.5, 0.6) is 0 Å². The van der Waals surface area contributed by atoms with E-state index in [9.17, 15) is 9.59 Å². The monoisotopic (exact) mass is 333 g/mol. The smallest absolute Gasteiger partial charge is 0.246 e. The second-order valence-electron chi connectivity index (χ2n) is 5.61. The Morgan fingerprint density at radius 1 is 0.826 bits per heavy atom. The van der Waals surface area contributed by atoms with Crippen LogP contribution in [0.4, 0.5) is 0 Å². The van der Waals surface area contributed by atoms with Gasteiger partial charge in [-0.05, 0) is 13.8 Å². The van der Waals surface area contributed by atoms with Crippen molar-refractivity contribution in [1.29, 1.82) is 0 Å². The van der Waals surface area contributed by atoms with Crippen LogP contribution in [-0.2, 0) is 28.5 Å². The number of nitrogens with one attached hydrogen (secondary N) is 1. The summed E-state index contributed by atoms with van der Waals surface area (Å²) in [6.45, 7) is 10.1. The molecule has 7 nitrogen and oxygen atoms in total. The minimum Gasteiger partial charge on any atom is -0.377 e. The van der Waals surface area contributed by atoms with Crippen LogP contribution in [0.2, 0.25) is 0 Å². The van der Waals surface area contributed by atoms with E-state index in [1.54, 1.807) is 0 Å². The van der Waals surface area contributed by atoms with Crippen molar-refractivity contribution < 1.29 is 28.5 Å². The van der Waals surface area contributed by atoms with Gasteiger partial charge in [-0.2, -0.15) is 0 Å². The summed E-state index contributed by atoms with van der Waals surface area (Å²) in [4.78, 5) is 22.7. The highest BCUT2D eigenvalue weighted by atomic mass is 16.5. The average molecular weight is 333 g/mol. The van der Waals surface area contributed by atoms with Gasteiger partial charge in [-0.3, -0.25) is 9.59 Å². The first kappa shape index (κ1) is 22.0. The average Bonchev–Trinajstić information content (AvgIpc) is 2.49. The topological polar surface area (TPSA) is 83.1 Å². The molecule has 0 unspecified atom stereocenters. The Morgan fingerprint density at radius 2 is 1.39 bits per heavy atom. The standard InChI is InChI=1S/C16H31NO6/c1-13(2)15(18)11-21-9-7-20-8-10-22-12-16(19)17-5-6-23-14(3)4/h13-14H,5-12H2,1-4H3,(H,17,19). The highest BCUT2D eigenvalue weighted by Crippen LogP contribution is 1.94. The molecule has 0 spiro atoms. The van der Waals surface area contributed by atoms with Gasteiger partial charge in [0.25, 0.3) is 0 Å². The molecule has 0 atom stereocenters. The molecule has 23 heavy (non-hydrogen) atoms. The zero-order valence-corrected chi connectivity index (χ0v) is 14.8. The lowest BCUT2D eigenvalue weighted by molar-refractivity contribution is -0.127. The summed E-state index contributed by atoms with van der Waals surface area (Å²) >= 11 is 0. The Hall–Kier alpha value is -1.02. The lowest BCUT2D eigenvalue weighted by Crippen LogP contribution is -2.31. The van der Waals surface area contributed by atoms with Gasteiger partial charge < -0.3 is 24.3 Å². The highest BCUT2D eigenvalue weighted by Gasteiger charge is 2.06. The molecule has 0 aromatic heterocycles. The van der Waals surface area contributed by atoms with Gasteiger partial charge in [0.1, 0.15) is 13.2 Å². The molecular formula is C16H31NO6. The minimum atomic E-state index is -0.173. The van der Waals surface area contributed by atoms with Crippen LogP contribution in [0.3, 0.4) is 0 Å². The molecule has 0 aliphatic rings. The molecule has 0 saturated heterocycles. The van der Waals surface area contributed by atoms with E-state index in [4.69, 9.17) is 18.9 Å². The van der Waals surface area contributed by atoms with E-state index in [2.05, 4.69) is 5.32 Å². The first-order valence-electron chi connectivity index (χ1n) is 8.07. The van der Waals surface area contributed by atoms with Crippen molar-refractivity contribution in [3.63, 3.8) is 0 Å². The Morgan fingerprint density at radius 3 is 1.96 bits per heavy atom. The number of ether oxygens (including phenoxy) is 4. The Labute approximate surface area is 139 Å². The van der Waals surface area contributed by atoms with Gasteiger partial charge in [-0.25, -0.2) is 0 Å². The molecule has 1 amide bonds. The lowest BCUT2D eigenvalue weighted by atomic mass is 10.1. The number of hydrogen-bond donors (Lipinski definition) is 1. The number of Topliss-reactive ketones (excluding diaryl/α,β-unsaturated/α-hetero) is 1. The SMILES string of the molecule is CC(C)OCCNC(=O)COCCOCCOCC(=O)C(C)C. The zero-order chi connectivity index (χ0) is 17.5. The van der Waals surface area contributed by atoms with Gasteiger partial charge in [0.15, 0.2) is 5.78 Å². The number of ketones is 1. The number of hydrogen-bond acceptors (Lipinski definition) is 6. The fourth-order valence-corrected chi connectivity index (χ4v) is 1.38. The molecule has 1 N–H and O–H groups in total. The van der Waals surface area contributed by atoms with Crippen molar-refractivity contribution in [2.24, 2.45) is 5.92 Å². The summed E-state index contributed by atoms with van der Waals surface area (Å²) in [6.07, 6.45) is 0.160. The summed E-state index contributed by atoms with van der Waals surface area (Å²) in [7, 11) is 0. The maximum Gasteiger partial charge on any atom is 0.246 e. The van der Waals surface area contributed by atoms with Gasteiger partial charge in [0, 0.05) is 12.5 Å². The lowest BCUT2D eigenvalue weighted by Gasteiger charge is -2.09. The van der Waals surface area contributed by atoms with Gasteiger partial charge >= 0.3 is 0 Å². The van der Waals surface area contributed by atoms with E-state index in [-0.39, 0.29) is 36.9 Å². The highest BCUT2D eigenvalue weighted by molar-refractivity contribution is 5.81. The third kappa shape index (κ3) is 15.6. The van der Waals surface area contributed by atoms with Gasteiger partial charge in [-0.15, -0.1) is 0 Å². The maximum atomic E-state index is 11.4. The second-order valence-corrected chi connectivity index (χ2v) is 5.61. The van der Waals surface area contributed by atoms with Crippen LogP contribution < -0.4 is 5.32 Å². The van der Waals surface area contributed by atoms with Crippen LogP contribution in [0, 0.1) is 5.92 Å². The van der Waals surface area contributed by atoms with Gasteiger partial charge in [0.05, 0.1) is 39.1 Å². The van der Waals surface area contributed by atoms with Gasteiger partial charge in [-0.1, -0.05) is 13.8 Å². The molecule has 0 rings (SSSR count). The Bertz CT molecular complexity index is 320. The van der Waals surface area contributed by atoms with Crippen LogP contribution in [-0.4, -0.2) is 70.6 Å². The molecule has 0 aliphatic heterocycles. The minimum absolute atomic E-state index is 0.00439. The van der Waals surface area contributed by atoms with Crippen molar-refractivity contribution in [3.8, 4) is 0 Å². The number of rotatable bonds is 15. The predicted molar refractivity (Wildman–Crippen MR) is 86.4 cm³/mol. The van der Waals surface area contributed by atoms with Crippen molar-refractivity contribution in [2.75, 3.05) is 52.8 Å². The van der Waals surface area contributed by atoms with Crippen LogP contribution in [0.25, 0.3) is 0 Å². The zero-order valence-electron chi connectivity index (χ0n) is 14.8. The third-order valence-electron chi connectivity index (χ3n) is 2.74. The third-order valence-corrected chi connectivity index (χ3v) is 2.74. The molecular weight excluding hydrogens is 302 g/mol. The van der Waals surface area contributed by atoms with Gasteiger partial charge in [0.2, 0.25) is 5.91 Å². The van der Waals surface area contributed by atoms with E-state index in [0.717, 1.165) is 0 Å². The molecule has 0 aliphatic carbocycles. The van der Waals surface area contributed by atoms with Crippen LogP contribution in [0.1, 0.15) is 27.7 Å². The first-order valence-corrected chi connectivity index (χ1v) is 8.07. The summed E-state index contributed by atoms with van der Waals surface area (Å²) < 4.78 is 20.9. The number of amides is 1. The Kier molecular flexibility index (Phi) is 13.9. The van der Waals surface area contributed by atoms with E-state index in [0.29, 0.717) is 39.6 Å². The summed E-state index contributed by atoms with van der Waals surface area (Å²) in [5.41, 5.74) is 0. The molecule has 0 saturated carbocycles. The summed E-state index contributed by atoms with van der Waals surface area (Å²) in [6, 6.07) is 0. The van der Waals surface area contributed by atoms with Crippen LogP contribution in [0.15, 0.2) is 0 Å². The number of carbonyl (C=O) groups is 2. The van der Waals surface area contributed by atoms with E-state index < -0.39 is 0 Å². The summed E-state index contributed by atoms with van der Waals surface area (Å²) in [5.74, 6) is -0.0987. The molecule has 136 valence electrons. The van der Waals surface area contributed by atoms with Crippen molar-refractivity contribution in [1.82, 2.24) is 5.32 Å². The molecule has 0 fully saturated rings. The quantitative estimate of drug-likeness (QED) is 0.446. The largest absolute Gasteiger partial charge is 0.377 e. The number of carbonyl (C=O) groups excluding carboxylic acids is 2. The van der Waals surface area contributed by atoms with Crippen molar-refractivity contribution in [3.05, 3.63) is 0 Å². The van der Waals surface area contributed by atoms with Crippen LogP contribution >= 0.6 is 0 Å². The van der Waals surface area contributed by atoms with E-state index in [1.165, 1.54) is 0 Å². The summed E-state index contributed by atoms with van der Waals surface area (Å²) in [5, 5.41) is 2.69. The fourth-order valence-electron chi connectivity index (χ4n) is 1.38. The molecule has 7 heteroatoms. The normalized spacial score (nSPS) is 11.2. The first-order chi connectivity index (χ1) is 10.9. The predicted octanol–water partition coefficient (Wildman–Crippen LogP) is 0.803. The van der Waals surface area contributed by atoms with Crippen molar-refractivity contribution >= 4 is 11.7 Å². The maximum absolute atomic E-state index is 11.4. The molecule has 0 aromatic rings.